The Kier molecular flexibility index (Phi) is 6.09. The van der Waals surface area contributed by atoms with E-state index in [1.807, 2.05) is 19.1 Å². The molecule has 1 aliphatic carbocycles. The number of carbonyl (C=O) groups excluding carboxylic acids is 2. The van der Waals surface area contributed by atoms with Crippen LogP contribution in [0.5, 0.6) is 0 Å². The van der Waals surface area contributed by atoms with Crippen LogP contribution in [0.3, 0.4) is 0 Å². The zero-order chi connectivity index (χ0) is 20.5. The summed E-state index contributed by atoms with van der Waals surface area (Å²) in [5.74, 6) is 0.0123. The van der Waals surface area contributed by atoms with Gasteiger partial charge in [0.05, 0.1) is 10.8 Å². The molecule has 0 radical (unpaired) electrons. The Morgan fingerprint density at radius 1 is 1.11 bits per heavy atom. The van der Waals surface area contributed by atoms with Gasteiger partial charge >= 0.3 is 5.97 Å². The van der Waals surface area contributed by atoms with Gasteiger partial charge in [0.2, 0.25) is 10.0 Å². The van der Waals surface area contributed by atoms with Crippen molar-refractivity contribution in [3.8, 4) is 0 Å². The Morgan fingerprint density at radius 3 is 2.18 bits per heavy atom. The van der Waals surface area contributed by atoms with Crippen LogP contribution in [0.25, 0.3) is 0 Å². The Hall–Kier alpha value is -1.93. The zero-order valence-corrected chi connectivity index (χ0v) is 17.4. The van der Waals surface area contributed by atoms with Crippen molar-refractivity contribution in [1.29, 1.82) is 0 Å². The Bertz CT molecular complexity index is 827. The number of nitrogens with zero attached hydrogens (tertiary/aromatic N) is 2. The number of hydrogen-bond acceptors (Lipinski definition) is 5. The molecule has 2 aliphatic rings. The maximum atomic E-state index is 12.8. The number of rotatable bonds is 6. The van der Waals surface area contributed by atoms with E-state index in [0.717, 1.165) is 12.0 Å². The average Bonchev–Trinajstić information content (AvgIpc) is 3.42. The molecule has 1 aromatic rings. The summed E-state index contributed by atoms with van der Waals surface area (Å²) >= 11 is 0. The van der Waals surface area contributed by atoms with Gasteiger partial charge in [-0.05, 0) is 36.0 Å². The summed E-state index contributed by atoms with van der Waals surface area (Å²) in [6, 6.07) is 6.96. The second-order valence-electron chi connectivity index (χ2n) is 7.94. The van der Waals surface area contributed by atoms with Crippen molar-refractivity contribution >= 4 is 21.9 Å². The molecule has 2 fully saturated rings. The first kappa shape index (κ1) is 20.8. The fraction of sp³-hybridized carbons (Fsp3) is 0.600. The van der Waals surface area contributed by atoms with E-state index < -0.39 is 10.0 Å². The lowest BCUT2D eigenvalue weighted by Crippen LogP contribution is -2.51. The van der Waals surface area contributed by atoms with Crippen molar-refractivity contribution in [2.75, 3.05) is 32.8 Å². The van der Waals surface area contributed by atoms with Gasteiger partial charge in [-0.1, -0.05) is 32.9 Å². The molecule has 8 heteroatoms. The number of benzene rings is 1. The molecule has 1 amide bonds. The first-order valence-electron chi connectivity index (χ1n) is 9.74. The maximum Gasteiger partial charge on any atom is 0.309 e. The molecule has 1 heterocycles. The van der Waals surface area contributed by atoms with Crippen LogP contribution in [0.2, 0.25) is 0 Å². The van der Waals surface area contributed by atoms with E-state index in [-0.39, 0.29) is 42.4 Å². The number of esters is 1. The molecule has 28 heavy (non-hydrogen) atoms. The lowest BCUT2D eigenvalue weighted by Gasteiger charge is -2.33. The van der Waals surface area contributed by atoms with Crippen LogP contribution in [0.1, 0.15) is 38.7 Å². The lowest BCUT2D eigenvalue weighted by atomic mass is 10.0. The standard InChI is InChI=1S/C20H28N2O5S/c1-14(2)16-4-6-17(7-5-16)28(25,26)22-10-8-21(9-11-22)19(23)13-27-20(24)18-12-15(18)3/h4-7,14-15,18H,8-13H2,1-3H3/t15-,18+/m0/s1. The summed E-state index contributed by atoms with van der Waals surface area (Å²) in [6.45, 7) is 6.86. The Balaban J connectivity index is 1.52. The molecule has 0 N–H and O–H groups in total. The summed E-state index contributed by atoms with van der Waals surface area (Å²) in [7, 11) is -3.58. The van der Waals surface area contributed by atoms with Crippen molar-refractivity contribution in [2.45, 2.75) is 38.0 Å². The predicted octanol–water partition coefficient (Wildman–Crippen LogP) is 1.84. The van der Waals surface area contributed by atoms with Crippen molar-refractivity contribution in [3.63, 3.8) is 0 Å². The highest BCUT2D eigenvalue weighted by Crippen LogP contribution is 2.38. The highest BCUT2D eigenvalue weighted by molar-refractivity contribution is 7.89. The molecule has 0 unspecified atom stereocenters. The smallest absolute Gasteiger partial charge is 0.309 e. The predicted molar refractivity (Wildman–Crippen MR) is 104 cm³/mol. The molecule has 154 valence electrons. The molecule has 0 spiro atoms. The molecule has 1 saturated carbocycles. The van der Waals surface area contributed by atoms with Crippen molar-refractivity contribution in [2.24, 2.45) is 11.8 Å². The molecule has 1 aromatic carbocycles. The molecule has 0 bridgehead atoms. The van der Waals surface area contributed by atoms with Gasteiger partial charge in [-0.3, -0.25) is 9.59 Å². The maximum absolute atomic E-state index is 12.8. The third-order valence-corrected chi connectivity index (χ3v) is 7.44. The van der Waals surface area contributed by atoms with Crippen LogP contribution in [0.4, 0.5) is 0 Å². The van der Waals surface area contributed by atoms with Crippen molar-refractivity contribution in [3.05, 3.63) is 29.8 Å². The largest absolute Gasteiger partial charge is 0.455 e. The first-order valence-corrected chi connectivity index (χ1v) is 11.2. The van der Waals surface area contributed by atoms with Crippen LogP contribution in [0.15, 0.2) is 29.2 Å². The number of amides is 1. The number of hydrogen-bond donors (Lipinski definition) is 0. The average molecular weight is 409 g/mol. The Labute approximate surface area is 166 Å². The minimum atomic E-state index is -3.58. The van der Waals surface area contributed by atoms with Crippen LogP contribution in [0, 0.1) is 11.8 Å². The second kappa shape index (κ2) is 8.21. The van der Waals surface area contributed by atoms with Gasteiger partial charge in [-0.15, -0.1) is 0 Å². The van der Waals surface area contributed by atoms with E-state index in [2.05, 4.69) is 13.8 Å². The van der Waals surface area contributed by atoms with Gasteiger partial charge in [-0.2, -0.15) is 4.31 Å². The van der Waals surface area contributed by atoms with E-state index in [1.165, 1.54) is 4.31 Å². The fourth-order valence-corrected chi connectivity index (χ4v) is 4.76. The second-order valence-corrected chi connectivity index (χ2v) is 9.87. The number of sulfonamides is 1. The van der Waals surface area contributed by atoms with Gasteiger partial charge < -0.3 is 9.64 Å². The molecule has 7 nitrogen and oxygen atoms in total. The van der Waals surface area contributed by atoms with Crippen LogP contribution in [-0.4, -0.2) is 62.3 Å². The minimum Gasteiger partial charge on any atom is -0.455 e. The van der Waals surface area contributed by atoms with Gasteiger partial charge in [0, 0.05) is 26.2 Å². The summed E-state index contributed by atoms with van der Waals surface area (Å²) in [5.41, 5.74) is 1.09. The van der Waals surface area contributed by atoms with E-state index in [9.17, 15) is 18.0 Å². The number of ether oxygens (including phenoxy) is 1. The third-order valence-electron chi connectivity index (χ3n) is 5.53. The fourth-order valence-electron chi connectivity index (χ4n) is 3.33. The van der Waals surface area contributed by atoms with Crippen LogP contribution in [-0.2, 0) is 24.3 Å². The van der Waals surface area contributed by atoms with E-state index in [0.29, 0.717) is 24.9 Å². The summed E-state index contributed by atoms with van der Waals surface area (Å²) in [5, 5.41) is 0. The van der Waals surface area contributed by atoms with Gasteiger partial charge in [-0.25, -0.2) is 8.42 Å². The van der Waals surface area contributed by atoms with Crippen LogP contribution >= 0.6 is 0 Å². The molecule has 2 atom stereocenters. The van der Waals surface area contributed by atoms with Crippen molar-refractivity contribution in [1.82, 2.24) is 9.21 Å². The van der Waals surface area contributed by atoms with E-state index in [1.54, 1.807) is 17.0 Å². The number of carbonyl (C=O) groups is 2. The molecule has 1 aliphatic heterocycles. The molecule has 0 aromatic heterocycles. The summed E-state index contributed by atoms with van der Waals surface area (Å²) in [4.78, 5) is 25.8. The van der Waals surface area contributed by atoms with Gasteiger partial charge in [0.25, 0.3) is 5.91 Å². The third kappa shape index (κ3) is 4.55. The zero-order valence-electron chi connectivity index (χ0n) is 16.6. The normalized spacial score (nSPS) is 22.9. The minimum absolute atomic E-state index is 0.0723. The highest BCUT2D eigenvalue weighted by Gasteiger charge is 2.41. The van der Waals surface area contributed by atoms with E-state index in [4.69, 9.17) is 4.74 Å². The first-order chi connectivity index (χ1) is 13.2. The Morgan fingerprint density at radius 2 is 1.68 bits per heavy atom. The van der Waals surface area contributed by atoms with Crippen LogP contribution < -0.4 is 0 Å². The highest BCUT2D eigenvalue weighted by atomic mass is 32.2. The van der Waals surface area contributed by atoms with Gasteiger partial charge in [0.15, 0.2) is 6.61 Å². The quantitative estimate of drug-likeness (QED) is 0.671. The monoisotopic (exact) mass is 408 g/mol. The summed E-state index contributed by atoms with van der Waals surface area (Å²) < 4.78 is 32.1. The SMILES string of the molecule is CC(C)c1ccc(S(=O)(=O)N2CCN(C(=O)COC(=O)[C@@H]3C[C@@H]3C)CC2)cc1. The molecular weight excluding hydrogens is 380 g/mol. The number of piperazine rings is 1. The topological polar surface area (TPSA) is 84.0 Å². The van der Waals surface area contributed by atoms with Crippen molar-refractivity contribution < 1.29 is 22.7 Å². The molecule has 1 saturated heterocycles. The van der Waals surface area contributed by atoms with E-state index >= 15 is 0 Å². The van der Waals surface area contributed by atoms with Gasteiger partial charge in [0.1, 0.15) is 0 Å². The molecule has 3 rings (SSSR count). The summed E-state index contributed by atoms with van der Waals surface area (Å²) in [6.07, 6.45) is 0.821. The lowest BCUT2D eigenvalue weighted by molar-refractivity contribution is -0.153. The molecular formula is C20H28N2O5S.